The quantitative estimate of drug-likeness (QED) is 0.261. The van der Waals surface area contributed by atoms with Crippen LogP contribution in [0.15, 0.2) is 59.3 Å². The summed E-state index contributed by atoms with van der Waals surface area (Å²) in [6.07, 6.45) is 1.50. The molecule has 2 aromatic carbocycles. The molecule has 0 atom stereocenters. The van der Waals surface area contributed by atoms with E-state index in [0.29, 0.717) is 38.4 Å². The maximum absolute atomic E-state index is 15.4. The van der Waals surface area contributed by atoms with E-state index in [1.54, 1.807) is 38.2 Å². The largest absolute Gasteiger partial charge is 0.351 e. The van der Waals surface area contributed by atoms with Crippen molar-refractivity contribution in [3.63, 3.8) is 0 Å². The van der Waals surface area contributed by atoms with E-state index in [1.165, 1.54) is 27.8 Å². The number of carbonyl (C=O) groups is 1. The van der Waals surface area contributed by atoms with Crippen LogP contribution in [-0.2, 0) is 13.6 Å². The lowest BCUT2D eigenvalue weighted by atomic mass is 10.00. The smallest absolute Gasteiger partial charge is 0.308 e. The maximum atomic E-state index is 15.4. The van der Waals surface area contributed by atoms with Gasteiger partial charge in [-0.3, -0.25) is 15.2 Å². The lowest BCUT2D eigenvalue weighted by Gasteiger charge is -2.13. The number of aryl methyl sites for hydroxylation is 2. The molecule has 206 valence electrons. The third-order valence-corrected chi connectivity index (χ3v) is 6.57. The van der Waals surface area contributed by atoms with Gasteiger partial charge in [-0.1, -0.05) is 40.5 Å². The van der Waals surface area contributed by atoms with E-state index >= 15 is 4.39 Å². The Morgan fingerprint density at radius 1 is 1.15 bits per heavy atom. The second-order valence-electron chi connectivity index (χ2n) is 8.95. The van der Waals surface area contributed by atoms with Gasteiger partial charge in [0, 0.05) is 28.4 Å². The van der Waals surface area contributed by atoms with Crippen LogP contribution in [0.3, 0.4) is 0 Å². The van der Waals surface area contributed by atoms with E-state index in [-0.39, 0.29) is 34.8 Å². The molecule has 0 spiro atoms. The van der Waals surface area contributed by atoms with E-state index in [1.807, 2.05) is 12.1 Å². The third-order valence-electron chi connectivity index (χ3n) is 6.06. The number of tetrazole rings is 1. The molecule has 4 aromatic heterocycles. The summed E-state index contributed by atoms with van der Waals surface area (Å²) in [4.78, 5) is 22.9. The molecule has 2 N–H and O–H groups in total. The number of para-hydroxylation sites is 2. The van der Waals surface area contributed by atoms with Gasteiger partial charge in [0.15, 0.2) is 0 Å². The van der Waals surface area contributed by atoms with Gasteiger partial charge < -0.3 is 9.84 Å². The summed E-state index contributed by atoms with van der Waals surface area (Å²) in [5.41, 5.74) is 5.99. The summed E-state index contributed by atoms with van der Waals surface area (Å²) in [7, 11) is 1.62. The summed E-state index contributed by atoms with van der Waals surface area (Å²) >= 11 is 12.7. The number of anilines is 1. The minimum Gasteiger partial charge on any atom is -0.351 e. The zero-order chi connectivity index (χ0) is 28.7. The second kappa shape index (κ2) is 10.6. The van der Waals surface area contributed by atoms with Crippen LogP contribution in [-0.4, -0.2) is 45.9 Å². The van der Waals surface area contributed by atoms with Gasteiger partial charge in [-0.15, -0.1) is 10.2 Å². The van der Waals surface area contributed by atoms with Crippen LogP contribution in [0.1, 0.15) is 21.9 Å². The standard InChI is InChI=1S/C26H19Cl2FN10O2/c1-13-7-22(41-36-13)25(40)35-39-21-6-4-3-5-19(21)32-26(39)31-12-20-18(29)8-14(11-30-20)16-9-15(27)10-17(28)23(16)24-33-37-38(2)34-24/h3-11H,12H2,1-2H3,(H,31,32)(H,35,40). The minimum absolute atomic E-state index is 0.0340. The molecule has 0 saturated carbocycles. The molecule has 15 heteroatoms. The number of aromatic nitrogens is 8. The summed E-state index contributed by atoms with van der Waals surface area (Å²) in [5.74, 6) is -0.561. The molecule has 0 fully saturated rings. The zero-order valence-corrected chi connectivity index (χ0v) is 22.9. The van der Waals surface area contributed by atoms with Crippen molar-refractivity contribution in [2.75, 3.05) is 10.7 Å². The molecule has 0 aliphatic rings. The third kappa shape index (κ3) is 5.19. The number of hydrogen-bond donors (Lipinski definition) is 2. The molecule has 1 amide bonds. The fourth-order valence-corrected chi connectivity index (χ4v) is 4.78. The Bertz CT molecular complexity index is 1930. The van der Waals surface area contributed by atoms with Crippen molar-refractivity contribution in [3.8, 4) is 22.5 Å². The molecule has 0 aliphatic carbocycles. The molecular weight excluding hydrogens is 574 g/mol. The van der Waals surface area contributed by atoms with Gasteiger partial charge in [-0.25, -0.2) is 14.1 Å². The van der Waals surface area contributed by atoms with Crippen LogP contribution in [0, 0.1) is 12.7 Å². The summed E-state index contributed by atoms with van der Waals surface area (Å²) in [6.45, 7) is 1.67. The Kier molecular flexibility index (Phi) is 6.81. The summed E-state index contributed by atoms with van der Waals surface area (Å²) in [6, 6.07) is 13.2. The van der Waals surface area contributed by atoms with E-state index in [0.717, 1.165) is 0 Å². The molecule has 0 aliphatic heterocycles. The average Bonchev–Trinajstić information content (AvgIpc) is 3.66. The highest BCUT2D eigenvalue weighted by Crippen LogP contribution is 2.38. The normalized spacial score (nSPS) is 11.2. The lowest BCUT2D eigenvalue weighted by molar-refractivity contribution is 0.0973. The van der Waals surface area contributed by atoms with Crippen molar-refractivity contribution in [1.82, 2.24) is 40.0 Å². The van der Waals surface area contributed by atoms with E-state index in [4.69, 9.17) is 27.7 Å². The molecule has 12 nitrogen and oxygen atoms in total. The lowest BCUT2D eigenvalue weighted by Crippen LogP contribution is -2.24. The Labute approximate surface area is 241 Å². The highest BCUT2D eigenvalue weighted by atomic mass is 35.5. The number of amides is 1. The van der Waals surface area contributed by atoms with Crippen LogP contribution < -0.4 is 10.7 Å². The number of pyridine rings is 1. The molecular formula is C26H19Cl2FN10O2. The van der Waals surface area contributed by atoms with Gasteiger partial charge in [0.25, 0.3) is 0 Å². The van der Waals surface area contributed by atoms with Gasteiger partial charge in [0.05, 0.1) is 41.0 Å². The average molecular weight is 593 g/mol. The SMILES string of the molecule is Cc1cc(C(=O)Nn2c(NCc3ncc(-c4cc(Cl)cc(Cl)c4-c4nnn(C)n4)cc3F)nc3ccccc32)on1. The van der Waals surface area contributed by atoms with Gasteiger partial charge in [0.1, 0.15) is 5.82 Å². The monoisotopic (exact) mass is 592 g/mol. The number of halogens is 3. The van der Waals surface area contributed by atoms with Crippen LogP contribution in [0.4, 0.5) is 10.3 Å². The van der Waals surface area contributed by atoms with Gasteiger partial charge >= 0.3 is 5.91 Å². The Morgan fingerprint density at radius 2 is 1.98 bits per heavy atom. The highest BCUT2D eigenvalue weighted by molar-refractivity contribution is 6.37. The Morgan fingerprint density at radius 3 is 2.71 bits per heavy atom. The number of fused-ring (bicyclic) bond motifs is 1. The van der Waals surface area contributed by atoms with Crippen molar-refractivity contribution >= 4 is 46.1 Å². The predicted octanol–water partition coefficient (Wildman–Crippen LogP) is 5.03. The van der Waals surface area contributed by atoms with Crippen molar-refractivity contribution in [3.05, 3.63) is 87.7 Å². The molecule has 0 bridgehead atoms. The Balaban J connectivity index is 1.29. The molecule has 41 heavy (non-hydrogen) atoms. The van der Waals surface area contributed by atoms with Crippen LogP contribution in [0.25, 0.3) is 33.5 Å². The van der Waals surface area contributed by atoms with E-state index < -0.39 is 11.7 Å². The number of carbonyl (C=O) groups excluding carboxylic acids is 1. The number of hydrogen-bond acceptors (Lipinski definition) is 9. The number of rotatable bonds is 7. The zero-order valence-electron chi connectivity index (χ0n) is 21.4. The first-order valence-corrected chi connectivity index (χ1v) is 12.9. The van der Waals surface area contributed by atoms with Crippen molar-refractivity contribution in [2.45, 2.75) is 13.5 Å². The van der Waals surface area contributed by atoms with Crippen LogP contribution in [0.2, 0.25) is 10.0 Å². The minimum atomic E-state index is -0.590. The topological polar surface area (TPSA) is 141 Å². The van der Waals surface area contributed by atoms with Gasteiger partial charge in [0.2, 0.25) is 17.5 Å². The predicted molar refractivity (Wildman–Crippen MR) is 149 cm³/mol. The molecule has 6 aromatic rings. The van der Waals surface area contributed by atoms with Crippen LogP contribution >= 0.6 is 23.2 Å². The molecule has 0 unspecified atom stereocenters. The van der Waals surface area contributed by atoms with Crippen molar-refractivity contribution in [1.29, 1.82) is 0 Å². The fourth-order valence-electron chi connectivity index (χ4n) is 4.20. The molecule has 4 heterocycles. The first-order chi connectivity index (χ1) is 19.8. The summed E-state index contributed by atoms with van der Waals surface area (Å²) < 4.78 is 21.9. The molecule has 0 radical (unpaired) electrons. The summed E-state index contributed by atoms with van der Waals surface area (Å²) in [5, 5.41) is 19.6. The first kappa shape index (κ1) is 26.3. The fraction of sp³-hybridized carbons (Fsp3) is 0.115. The number of nitrogens with one attached hydrogen (secondary N) is 2. The van der Waals surface area contributed by atoms with Crippen molar-refractivity contribution in [2.24, 2.45) is 7.05 Å². The first-order valence-electron chi connectivity index (χ1n) is 12.1. The molecule has 0 saturated heterocycles. The van der Waals surface area contributed by atoms with E-state index in [9.17, 15) is 4.79 Å². The van der Waals surface area contributed by atoms with Crippen LogP contribution in [0.5, 0.6) is 0 Å². The van der Waals surface area contributed by atoms with Crippen molar-refractivity contribution < 1.29 is 13.7 Å². The Hall–Kier alpha value is -4.88. The second-order valence-corrected chi connectivity index (χ2v) is 9.80. The number of nitrogens with zero attached hydrogens (tertiary/aromatic N) is 8. The van der Waals surface area contributed by atoms with E-state index in [2.05, 4.69) is 41.3 Å². The maximum Gasteiger partial charge on any atom is 0.308 e. The number of benzene rings is 2. The van der Waals surface area contributed by atoms with Gasteiger partial charge in [-0.05, 0) is 48.0 Å². The highest BCUT2D eigenvalue weighted by Gasteiger charge is 2.20. The number of imidazole rings is 1. The molecule has 6 rings (SSSR count). The van der Waals surface area contributed by atoms with Gasteiger partial charge in [-0.2, -0.15) is 4.80 Å².